The maximum Gasteiger partial charge on any atom is 0.128 e. The lowest BCUT2D eigenvalue weighted by molar-refractivity contribution is 0.178. The van der Waals surface area contributed by atoms with Gasteiger partial charge in [0, 0.05) is 25.9 Å². The van der Waals surface area contributed by atoms with E-state index in [-0.39, 0.29) is 6.04 Å². The highest BCUT2D eigenvalue weighted by molar-refractivity contribution is 5.42. The Morgan fingerprint density at radius 1 is 1.60 bits per heavy atom. The molecule has 1 aromatic rings. The van der Waals surface area contributed by atoms with E-state index in [1.807, 2.05) is 19.1 Å². The van der Waals surface area contributed by atoms with Gasteiger partial charge in [-0.05, 0) is 25.0 Å². The summed E-state index contributed by atoms with van der Waals surface area (Å²) >= 11 is 0. The summed E-state index contributed by atoms with van der Waals surface area (Å²) in [5.41, 5.74) is 6.95. The third-order valence-corrected chi connectivity index (χ3v) is 2.20. The molecule has 0 radical (unpaired) electrons. The van der Waals surface area contributed by atoms with E-state index in [1.54, 1.807) is 13.3 Å². The van der Waals surface area contributed by atoms with Crippen molar-refractivity contribution in [3.8, 4) is 0 Å². The van der Waals surface area contributed by atoms with Crippen molar-refractivity contribution in [1.29, 1.82) is 0 Å². The first-order chi connectivity index (χ1) is 7.24. The van der Waals surface area contributed by atoms with E-state index < -0.39 is 0 Å². The van der Waals surface area contributed by atoms with Crippen LogP contribution in [0.5, 0.6) is 0 Å². The van der Waals surface area contributed by atoms with Crippen molar-refractivity contribution in [1.82, 2.24) is 4.98 Å². The van der Waals surface area contributed by atoms with Gasteiger partial charge < -0.3 is 15.8 Å². The van der Waals surface area contributed by atoms with Crippen molar-refractivity contribution in [3.63, 3.8) is 0 Å². The van der Waals surface area contributed by atoms with Crippen LogP contribution in [0.2, 0.25) is 0 Å². The number of pyridine rings is 1. The van der Waals surface area contributed by atoms with Crippen LogP contribution in [0, 0.1) is 6.92 Å². The molecule has 4 nitrogen and oxygen atoms in total. The Hall–Kier alpha value is -1.13. The number of hydrogen-bond donors (Lipinski definition) is 2. The van der Waals surface area contributed by atoms with Crippen LogP contribution in [-0.4, -0.2) is 31.3 Å². The molecular formula is C11H19N3O. The molecule has 0 saturated heterocycles. The monoisotopic (exact) mass is 209 g/mol. The summed E-state index contributed by atoms with van der Waals surface area (Å²) in [5, 5.41) is 3.26. The van der Waals surface area contributed by atoms with Gasteiger partial charge in [0.1, 0.15) is 5.82 Å². The number of nitrogens with two attached hydrogens (primary N) is 1. The number of aryl methyl sites for hydroxylation is 1. The van der Waals surface area contributed by atoms with Gasteiger partial charge in [0.25, 0.3) is 0 Å². The molecule has 0 amide bonds. The van der Waals surface area contributed by atoms with Crippen LogP contribution in [0.15, 0.2) is 18.3 Å². The van der Waals surface area contributed by atoms with Crippen LogP contribution in [-0.2, 0) is 4.74 Å². The third kappa shape index (κ3) is 4.27. The number of anilines is 1. The first kappa shape index (κ1) is 11.9. The van der Waals surface area contributed by atoms with Gasteiger partial charge in [-0.2, -0.15) is 0 Å². The molecule has 0 saturated carbocycles. The Morgan fingerprint density at radius 2 is 2.40 bits per heavy atom. The normalized spacial score (nSPS) is 12.5. The van der Waals surface area contributed by atoms with Crippen molar-refractivity contribution in [2.45, 2.75) is 19.4 Å². The van der Waals surface area contributed by atoms with Crippen LogP contribution < -0.4 is 11.1 Å². The highest BCUT2D eigenvalue weighted by atomic mass is 16.5. The molecule has 3 N–H and O–H groups in total. The number of hydrogen-bond acceptors (Lipinski definition) is 4. The van der Waals surface area contributed by atoms with Crippen molar-refractivity contribution in [2.24, 2.45) is 5.73 Å². The fourth-order valence-electron chi connectivity index (χ4n) is 1.34. The number of nitrogens with zero attached hydrogens (tertiary/aromatic N) is 1. The summed E-state index contributed by atoms with van der Waals surface area (Å²) in [6.07, 6.45) is 2.66. The first-order valence-corrected chi connectivity index (χ1v) is 5.14. The van der Waals surface area contributed by atoms with E-state index in [2.05, 4.69) is 10.3 Å². The molecule has 84 valence electrons. The van der Waals surface area contributed by atoms with Gasteiger partial charge in [0.15, 0.2) is 0 Å². The van der Waals surface area contributed by atoms with Crippen LogP contribution in [0.1, 0.15) is 12.0 Å². The summed E-state index contributed by atoms with van der Waals surface area (Å²) < 4.78 is 4.96. The molecule has 1 rings (SSSR count). The number of ether oxygens (including phenoxy) is 1. The van der Waals surface area contributed by atoms with E-state index in [0.29, 0.717) is 6.61 Å². The van der Waals surface area contributed by atoms with Gasteiger partial charge in [-0.1, -0.05) is 6.07 Å². The van der Waals surface area contributed by atoms with E-state index >= 15 is 0 Å². The van der Waals surface area contributed by atoms with Crippen LogP contribution in [0.3, 0.4) is 0 Å². The van der Waals surface area contributed by atoms with Gasteiger partial charge >= 0.3 is 0 Å². The van der Waals surface area contributed by atoms with Gasteiger partial charge in [0.2, 0.25) is 0 Å². The topological polar surface area (TPSA) is 60.2 Å². The quantitative estimate of drug-likeness (QED) is 0.738. The lowest BCUT2D eigenvalue weighted by Crippen LogP contribution is -2.28. The first-order valence-electron chi connectivity index (χ1n) is 5.14. The lowest BCUT2D eigenvalue weighted by atomic mass is 10.2. The molecule has 0 spiro atoms. The van der Waals surface area contributed by atoms with Crippen molar-refractivity contribution < 1.29 is 4.74 Å². The fraction of sp³-hybridized carbons (Fsp3) is 0.545. The van der Waals surface area contributed by atoms with E-state index in [0.717, 1.165) is 24.3 Å². The zero-order valence-electron chi connectivity index (χ0n) is 9.36. The Balaban J connectivity index is 2.29. The van der Waals surface area contributed by atoms with Gasteiger partial charge in [-0.25, -0.2) is 4.98 Å². The molecule has 1 atom stereocenters. The molecule has 1 aromatic heterocycles. The molecule has 15 heavy (non-hydrogen) atoms. The minimum atomic E-state index is 0.0894. The molecular weight excluding hydrogens is 190 g/mol. The maximum atomic E-state index is 5.80. The highest BCUT2D eigenvalue weighted by Crippen LogP contribution is 2.08. The highest BCUT2D eigenvalue weighted by Gasteiger charge is 2.02. The number of aromatic nitrogens is 1. The van der Waals surface area contributed by atoms with Crippen molar-refractivity contribution >= 4 is 5.82 Å². The molecule has 0 aliphatic heterocycles. The molecule has 4 heteroatoms. The van der Waals surface area contributed by atoms with E-state index in [1.165, 1.54) is 0 Å². The predicted octanol–water partition coefficient (Wildman–Crippen LogP) is 1.17. The SMILES string of the molecule is COCC(N)CCNc1ncccc1C. The summed E-state index contributed by atoms with van der Waals surface area (Å²) in [6, 6.07) is 4.05. The minimum Gasteiger partial charge on any atom is -0.383 e. The Morgan fingerprint density at radius 3 is 3.07 bits per heavy atom. The maximum absolute atomic E-state index is 5.80. The lowest BCUT2D eigenvalue weighted by Gasteiger charge is -2.12. The standard InChI is InChI=1S/C11H19N3O/c1-9-4-3-6-13-11(9)14-7-5-10(12)8-15-2/h3-4,6,10H,5,7-8,12H2,1-2H3,(H,13,14). The molecule has 0 aromatic carbocycles. The van der Waals surface area contributed by atoms with Gasteiger partial charge in [0.05, 0.1) is 6.61 Å². The summed E-state index contributed by atoms with van der Waals surface area (Å²) in [4.78, 5) is 4.24. The van der Waals surface area contributed by atoms with Gasteiger partial charge in [-0.15, -0.1) is 0 Å². The van der Waals surface area contributed by atoms with E-state index in [4.69, 9.17) is 10.5 Å². The average Bonchev–Trinajstić information content (AvgIpc) is 2.21. The Labute approximate surface area is 90.8 Å². The minimum absolute atomic E-state index is 0.0894. The second kappa shape index (κ2) is 6.37. The van der Waals surface area contributed by atoms with Crippen molar-refractivity contribution in [2.75, 3.05) is 25.6 Å². The number of methoxy groups -OCH3 is 1. The fourth-order valence-corrected chi connectivity index (χ4v) is 1.34. The zero-order valence-corrected chi connectivity index (χ0v) is 9.36. The zero-order chi connectivity index (χ0) is 11.1. The molecule has 1 unspecified atom stereocenters. The molecule has 1 heterocycles. The summed E-state index contributed by atoms with van der Waals surface area (Å²) in [5.74, 6) is 0.933. The second-order valence-electron chi connectivity index (χ2n) is 3.60. The van der Waals surface area contributed by atoms with Gasteiger partial charge in [-0.3, -0.25) is 0 Å². The van der Waals surface area contributed by atoms with Crippen molar-refractivity contribution in [3.05, 3.63) is 23.9 Å². The molecule has 0 aliphatic rings. The van der Waals surface area contributed by atoms with E-state index in [9.17, 15) is 0 Å². The van der Waals surface area contributed by atoms with Crippen LogP contribution in [0.25, 0.3) is 0 Å². The molecule has 0 bridgehead atoms. The number of rotatable bonds is 6. The molecule has 0 aliphatic carbocycles. The van der Waals surface area contributed by atoms with Crippen LogP contribution in [0.4, 0.5) is 5.82 Å². The number of nitrogens with one attached hydrogen (secondary N) is 1. The average molecular weight is 209 g/mol. The summed E-state index contributed by atoms with van der Waals surface area (Å²) in [6.45, 7) is 3.45. The predicted molar refractivity (Wildman–Crippen MR) is 61.9 cm³/mol. The molecule has 0 fully saturated rings. The Bertz CT molecular complexity index is 291. The largest absolute Gasteiger partial charge is 0.383 e. The smallest absolute Gasteiger partial charge is 0.128 e. The second-order valence-corrected chi connectivity index (χ2v) is 3.60. The Kier molecular flexibility index (Phi) is 5.07. The summed E-state index contributed by atoms with van der Waals surface area (Å²) in [7, 11) is 1.66. The third-order valence-electron chi connectivity index (χ3n) is 2.20. The van der Waals surface area contributed by atoms with Crippen LogP contribution >= 0.6 is 0 Å².